The van der Waals surface area contributed by atoms with E-state index in [1.165, 1.54) is 56.5 Å². The molecule has 96 heavy (non-hydrogen) atoms. The van der Waals surface area contributed by atoms with Gasteiger partial charge in [-0.3, -0.25) is 48.2 Å². The van der Waals surface area contributed by atoms with E-state index in [1.54, 1.807) is 45.0 Å². The van der Waals surface area contributed by atoms with Crippen molar-refractivity contribution >= 4 is 76.4 Å². The highest BCUT2D eigenvalue weighted by molar-refractivity contribution is 6.32. The Morgan fingerprint density at radius 3 is 2.22 bits per heavy atom. The molecule has 3 fully saturated rings. The predicted octanol–water partition coefficient (Wildman–Crippen LogP) is 3.22. The number of carbonyl (C=O) groups excluding carboxylic acids is 11. The largest absolute Gasteiger partial charge is 0.507 e. The fourth-order valence-electron chi connectivity index (χ4n) is 13.0. The summed E-state index contributed by atoms with van der Waals surface area (Å²) < 4.78 is 41.4. The number of nitrogens with two attached hydrogens (primary N) is 2. The molecule has 8 amide bonds. The number of nitrogens with one attached hydrogen (secondary N) is 3. The number of methoxy groups -OCH3 is 1. The van der Waals surface area contributed by atoms with Crippen LogP contribution in [-0.2, 0) is 75.0 Å². The van der Waals surface area contributed by atoms with Gasteiger partial charge in [0.1, 0.15) is 29.8 Å². The zero-order valence-electron chi connectivity index (χ0n) is 54.3. The third kappa shape index (κ3) is 16.0. The lowest BCUT2D eigenvalue weighted by Crippen LogP contribution is -2.55. The van der Waals surface area contributed by atoms with Crippen LogP contribution in [0.5, 0.6) is 11.5 Å². The first-order chi connectivity index (χ1) is 45.7. The minimum Gasteiger partial charge on any atom is -0.507 e. The van der Waals surface area contributed by atoms with Crippen molar-refractivity contribution in [2.75, 3.05) is 78.2 Å². The monoisotopic (exact) mass is 1340 g/mol. The summed E-state index contributed by atoms with van der Waals surface area (Å²) in [5.74, 6) is -7.44. The summed E-state index contributed by atoms with van der Waals surface area (Å²) in [5.41, 5.74) is 7.91. The standard InChI is InChI=1S/C66H83N9O21/c1-34(2)54(71-46(78)15-8-7-9-23-75-47(79)20-21-48(75)80)43(76)28-37(12-11-22-69-63(68)86)60(85)70-38-18-16-36(17-19-38)32-92-64(87)72(4)24-25-73(5)65(88)93-33-45(77)66(89)30-40-51(58(84)53-52(56(40)82)55(81)39-13-10-14-41(67)50(39)57(53)83)44(31-66)95-49-29-42-59(35(3)94-49)96-61-62(90-6)91-27-26-74(42)61/h10,13-14,16-21,34-35,37,42,44,49,54,59,61-62,82,84,89H,7-9,11-12,15,22-33,67H2,1-6H3,(H,70,85)(H,71,78)(H3,68,69,86)/t35-,37?,42-,44-,49?,54-,59+,61+,62-,66-/m0/s1. The zero-order valence-corrected chi connectivity index (χ0v) is 54.3. The normalized spacial score (nSPS) is 23.2. The van der Waals surface area contributed by atoms with Crippen LogP contribution in [-0.4, -0.2) is 216 Å². The summed E-state index contributed by atoms with van der Waals surface area (Å²) in [5, 5.41) is 44.6. The highest BCUT2D eigenvalue weighted by atomic mass is 16.7. The van der Waals surface area contributed by atoms with Crippen molar-refractivity contribution in [1.29, 1.82) is 0 Å². The first kappa shape index (κ1) is 71.4. The second-order valence-electron chi connectivity index (χ2n) is 25.2. The van der Waals surface area contributed by atoms with E-state index in [9.17, 15) is 68.1 Å². The number of phenolic OH excluding ortho intramolecular Hbond substituents is 2. The number of unbranched alkanes of at least 4 members (excludes halogenated alkanes) is 2. The Labute approximate surface area is 553 Å². The summed E-state index contributed by atoms with van der Waals surface area (Å²) in [6.45, 7) is 5.12. The SMILES string of the molecule is CO[C@H]1OCCN2[C@@H]1O[C@@H]1[C@H](C)OC(O[C@H]3C[C@](O)(C(=O)COC(=O)N(C)CCN(C)C(=O)OCc4ccc(NC(=O)C(CCCNC(N)=O)CC(=O)[C@@H](NC(=O)CCCCCN5C(=O)C=CC5=O)C(C)C)cc4)Cc4c(O)c5c(c(O)c43)C(=O)c3c(N)cccc3C5=O)C[C@@H]12. The number of aliphatic hydroxyl groups is 1. The number of imide groups is 1. The number of nitrogen functional groups attached to an aromatic ring is 1. The quantitative estimate of drug-likeness (QED) is 0.0175. The van der Waals surface area contributed by atoms with Gasteiger partial charge in [0.2, 0.25) is 17.6 Å². The zero-order chi connectivity index (χ0) is 69.4. The molecule has 6 aliphatic rings. The lowest BCUT2D eigenvalue weighted by molar-refractivity contribution is -0.256. The predicted molar refractivity (Wildman–Crippen MR) is 337 cm³/mol. The number of carbonyl (C=O) groups is 11. The van der Waals surface area contributed by atoms with Gasteiger partial charge in [-0.1, -0.05) is 44.5 Å². The van der Waals surface area contributed by atoms with Crippen molar-refractivity contribution in [1.82, 2.24) is 30.2 Å². The molecule has 30 nitrogen and oxygen atoms in total. The van der Waals surface area contributed by atoms with Gasteiger partial charge in [-0.15, -0.1) is 0 Å². The third-order valence-corrected chi connectivity index (χ3v) is 18.2. The van der Waals surface area contributed by atoms with Crippen LogP contribution in [0, 0.1) is 11.8 Å². The van der Waals surface area contributed by atoms with E-state index < -0.39 is 138 Å². The highest BCUT2D eigenvalue weighted by Gasteiger charge is 2.55. The maximum atomic E-state index is 14.3. The molecule has 10 N–H and O–H groups in total. The van der Waals surface area contributed by atoms with Gasteiger partial charge < -0.3 is 85.7 Å². The summed E-state index contributed by atoms with van der Waals surface area (Å²) in [7, 11) is 4.27. The number of likely N-dealkylation sites (N-methyl/N-ethyl adjacent to an activating group) is 2. The molecule has 4 heterocycles. The Bertz CT molecular complexity index is 3530. The number of morpholine rings is 1. The number of Topliss-reactive ketones (excluding diaryl/α,β-unsaturated/α-hetero) is 2. The number of primary amides is 1. The van der Waals surface area contributed by atoms with E-state index >= 15 is 0 Å². The highest BCUT2D eigenvalue weighted by Crippen LogP contribution is 2.53. The van der Waals surface area contributed by atoms with E-state index in [2.05, 4.69) is 20.9 Å². The van der Waals surface area contributed by atoms with Crippen molar-refractivity contribution < 1.29 is 101 Å². The first-order valence-corrected chi connectivity index (χ1v) is 31.9. The van der Waals surface area contributed by atoms with Crippen molar-refractivity contribution in [2.45, 2.75) is 146 Å². The number of amides is 8. The molecule has 3 saturated heterocycles. The minimum absolute atomic E-state index is 0.0427. The average molecular weight is 1340 g/mol. The number of aromatic hydroxyl groups is 2. The number of benzene rings is 3. The third-order valence-electron chi connectivity index (χ3n) is 18.2. The summed E-state index contributed by atoms with van der Waals surface area (Å²) in [6, 6.07) is 8.62. The first-order valence-electron chi connectivity index (χ1n) is 31.9. The molecule has 0 spiro atoms. The van der Waals surface area contributed by atoms with Gasteiger partial charge in [0.05, 0.1) is 41.5 Å². The van der Waals surface area contributed by atoms with E-state index in [-0.39, 0.29) is 122 Å². The lowest BCUT2D eigenvalue weighted by atomic mass is 9.71. The Hall–Kier alpha value is -8.91. The van der Waals surface area contributed by atoms with Crippen LogP contribution < -0.4 is 27.4 Å². The number of anilines is 2. The van der Waals surface area contributed by atoms with Gasteiger partial charge >= 0.3 is 18.2 Å². The van der Waals surface area contributed by atoms with E-state index in [1.807, 2.05) is 0 Å². The van der Waals surface area contributed by atoms with Gasteiger partial charge in [0, 0.05) is 138 Å². The van der Waals surface area contributed by atoms with Crippen molar-refractivity contribution in [3.63, 3.8) is 0 Å². The number of hydrogen-bond donors (Lipinski definition) is 8. The Balaban J connectivity index is 0.769. The van der Waals surface area contributed by atoms with Gasteiger partial charge in [-0.25, -0.2) is 14.4 Å². The second kappa shape index (κ2) is 30.9. The van der Waals surface area contributed by atoms with Crippen LogP contribution in [0.3, 0.4) is 0 Å². The van der Waals surface area contributed by atoms with Crippen LogP contribution >= 0.6 is 0 Å². The van der Waals surface area contributed by atoms with Crippen molar-refractivity contribution in [2.24, 2.45) is 17.6 Å². The number of urea groups is 1. The molecule has 2 aliphatic carbocycles. The number of ether oxygens (including phenoxy) is 7. The van der Waals surface area contributed by atoms with Crippen LogP contribution in [0.25, 0.3) is 0 Å². The second-order valence-corrected chi connectivity index (χ2v) is 25.2. The van der Waals surface area contributed by atoms with E-state index in [0.29, 0.717) is 50.1 Å². The van der Waals surface area contributed by atoms with Crippen LogP contribution in [0.4, 0.5) is 25.8 Å². The topological polar surface area (TPSA) is 414 Å². The molecule has 9 rings (SSSR count). The molecular formula is C66H83N9O21. The van der Waals surface area contributed by atoms with Crippen LogP contribution in [0.15, 0.2) is 54.6 Å². The van der Waals surface area contributed by atoms with Gasteiger partial charge in [0.15, 0.2) is 42.8 Å². The smallest absolute Gasteiger partial charge is 0.409 e. The number of ketones is 4. The maximum Gasteiger partial charge on any atom is 0.409 e. The van der Waals surface area contributed by atoms with Crippen molar-refractivity contribution in [3.05, 3.63) is 93.6 Å². The van der Waals surface area contributed by atoms with Crippen LogP contribution in [0.2, 0.25) is 0 Å². The lowest BCUT2D eigenvalue weighted by Gasteiger charge is -2.43. The van der Waals surface area contributed by atoms with E-state index in [0.717, 1.165) is 9.80 Å². The number of hydrogen-bond acceptors (Lipinski definition) is 23. The fraction of sp³-hybridized carbons (Fsp3) is 0.530. The molecule has 3 aromatic carbocycles. The van der Waals surface area contributed by atoms with Gasteiger partial charge in [-0.05, 0) is 62.3 Å². The number of rotatable bonds is 28. The fourth-order valence-corrected chi connectivity index (χ4v) is 13.0. The number of phenols is 2. The number of fused-ring (bicyclic) bond motifs is 6. The maximum absolute atomic E-state index is 14.3. The number of nitrogens with zero attached hydrogens (tertiary/aromatic N) is 4. The average Bonchev–Trinajstić information content (AvgIpc) is 0.894. The van der Waals surface area contributed by atoms with E-state index in [4.69, 9.17) is 44.6 Å². The Kier molecular flexibility index (Phi) is 23.0. The molecule has 10 atom stereocenters. The molecule has 0 saturated carbocycles. The van der Waals surface area contributed by atoms with Crippen molar-refractivity contribution in [3.8, 4) is 11.5 Å². The van der Waals surface area contributed by atoms with Gasteiger partial charge in [-0.2, -0.15) is 0 Å². The molecule has 2 unspecified atom stereocenters. The summed E-state index contributed by atoms with van der Waals surface area (Å²) >= 11 is 0. The molecule has 0 aromatic heterocycles. The Morgan fingerprint density at radius 1 is 0.854 bits per heavy atom. The summed E-state index contributed by atoms with van der Waals surface area (Å²) in [4.78, 5) is 150. The van der Waals surface area contributed by atoms with Gasteiger partial charge in [0.25, 0.3) is 11.8 Å². The summed E-state index contributed by atoms with van der Waals surface area (Å²) in [6.07, 6.45) is -3.51. The molecule has 4 aliphatic heterocycles. The molecular weight excluding hydrogens is 1250 g/mol. The van der Waals surface area contributed by atoms with Crippen LogP contribution in [0.1, 0.15) is 133 Å². The molecule has 518 valence electrons. The molecule has 30 heteroatoms. The Morgan fingerprint density at radius 2 is 1.54 bits per heavy atom. The molecule has 3 aromatic rings. The molecule has 0 bridgehead atoms. The minimum atomic E-state index is -2.48. The molecule has 0 radical (unpaired) electrons.